The molecule has 2 aromatic rings. The molecule has 4 nitrogen and oxygen atoms in total. The van der Waals surface area contributed by atoms with Crippen LogP contribution in [0.3, 0.4) is 0 Å². The Balaban J connectivity index is 1.86. The summed E-state index contributed by atoms with van der Waals surface area (Å²) in [6.45, 7) is 7.62. The van der Waals surface area contributed by atoms with E-state index in [-0.39, 0.29) is 0 Å². The number of anilines is 1. The summed E-state index contributed by atoms with van der Waals surface area (Å²) in [4.78, 5) is 8.66. The second kappa shape index (κ2) is 6.12. The zero-order valence-corrected chi connectivity index (χ0v) is 10.5. The fraction of sp³-hybridized carbons (Fsp3) is 0.286. The summed E-state index contributed by atoms with van der Waals surface area (Å²) in [5.41, 5.74) is 1.97. The highest BCUT2D eigenvalue weighted by molar-refractivity contribution is 5.78. The number of aromatic nitrogens is 2. The predicted molar refractivity (Wildman–Crippen MR) is 73.7 cm³/mol. The van der Waals surface area contributed by atoms with Crippen LogP contribution in [0.25, 0.3) is 10.9 Å². The Morgan fingerprint density at radius 1 is 1.39 bits per heavy atom. The SMILES string of the molecule is C=C(C)COCCNc1ncc2ccccc2n1. The molecule has 0 atom stereocenters. The van der Waals surface area contributed by atoms with Crippen LogP contribution in [-0.2, 0) is 4.74 Å². The fourth-order valence-electron chi connectivity index (χ4n) is 1.54. The van der Waals surface area contributed by atoms with E-state index in [1.165, 1.54) is 0 Å². The number of nitrogens with one attached hydrogen (secondary N) is 1. The summed E-state index contributed by atoms with van der Waals surface area (Å²) in [6.07, 6.45) is 1.82. The molecular formula is C14H17N3O. The van der Waals surface area contributed by atoms with E-state index < -0.39 is 0 Å². The molecule has 0 aliphatic heterocycles. The Morgan fingerprint density at radius 2 is 2.22 bits per heavy atom. The summed E-state index contributed by atoms with van der Waals surface area (Å²) < 4.78 is 5.39. The van der Waals surface area contributed by atoms with Gasteiger partial charge in [-0.05, 0) is 13.0 Å². The predicted octanol–water partition coefficient (Wildman–Crippen LogP) is 2.63. The Morgan fingerprint density at radius 3 is 3.06 bits per heavy atom. The number of hydrogen-bond donors (Lipinski definition) is 1. The van der Waals surface area contributed by atoms with Gasteiger partial charge in [-0.1, -0.05) is 30.4 Å². The number of fused-ring (bicyclic) bond motifs is 1. The molecule has 0 aliphatic carbocycles. The van der Waals surface area contributed by atoms with Gasteiger partial charge >= 0.3 is 0 Å². The summed E-state index contributed by atoms with van der Waals surface area (Å²) in [7, 11) is 0. The zero-order valence-electron chi connectivity index (χ0n) is 10.5. The average Bonchev–Trinajstić information content (AvgIpc) is 2.38. The second-order valence-corrected chi connectivity index (χ2v) is 4.19. The minimum Gasteiger partial charge on any atom is -0.375 e. The van der Waals surface area contributed by atoms with Crippen molar-refractivity contribution < 1.29 is 4.74 Å². The molecule has 2 rings (SSSR count). The molecule has 0 saturated carbocycles. The van der Waals surface area contributed by atoms with E-state index in [9.17, 15) is 0 Å². The molecule has 1 heterocycles. The van der Waals surface area contributed by atoms with E-state index in [1.54, 1.807) is 0 Å². The Bertz CT molecular complexity index is 539. The first-order chi connectivity index (χ1) is 8.75. The highest BCUT2D eigenvalue weighted by Crippen LogP contribution is 2.11. The van der Waals surface area contributed by atoms with Gasteiger partial charge in [-0.25, -0.2) is 9.97 Å². The van der Waals surface area contributed by atoms with Gasteiger partial charge < -0.3 is 10.1 Å². The van der Waals surface area contributed by atoms with Crippen molar-refractivity contribution in [3.05, 3.63) is 42.6 Å². The standard InChI is InChI=1S/C14H17N3O/c1-11(2)10-18-8-7-15-14-16-9-12-5-3-4-6-13(12)17-14/h3-6,9H,1,7-8,10H2,2H3,(H,15,16,17). The molecule has 0 bridgehead atoms. The van der Waals surface area contributed by atoms with Gasteiger partial charge in [0.25, 0.3) is 0 Å². The zero-order chi connectivity index (χ0) is 12.8. The molecular weight excluding hydrogens is 226 g/mol. The van der Waals surface area contributed by atoms with Crippen LogP contribution in [0.2, 0.25) is 0 Å². The van der Waals surface area contributed by atoms with Crippen LogP contribution in [0.1, 0.15) is 6.92 Å². The maximum absolute atomic E-state index is 5.39. The molecule has 1 aromatic carbocycles. The van der Waals surface area contributed by atoms with Crippen molar-refractivity contribution in [2.75, 3.05) is 25.1 Å². The highest BCUT2D eigenvalue weighted by atomic mass is 16.5. The van der Waals surface area contributed by atoms with Gasteiger partial charge in [-0.3, -0.25) is 0 Å². The van der Waals surface area contributed by atoms with Gasteiger partial charge in [0.05, 0.1) is 18.7 Å². The Kier molecular flexibility index (Phi) is 4.25. The Labute approximate surface area is 107 Å². The van der Waals surface area contributed by atoms with E-state index in [1.807, 2.05) is 37.4 Å². The first-order valence-corrected chi connectivity index (χ1v) is 5.93. The molecule has 0 saturated heterocycles. The van der Waals surface area contributed by atoms with Crippen LogP contribution in [-0.4, -0.2) is 29.7 Å². The summed E-state index contributed by atoms with van der Waals surface area (Å²) >= 11 is 0. The molecule has 94 valence electrons. The molecule has 0 aliphatic rings. The molecule has 0 unspecified atom stereocenters. The van der Waals surface area contributed by atoms with Crippen LogP contribution in [0.5, 0.6) is 0 Å². The molecule has 4 heteroatoms. The van der Waals surface area contributed by atoms with Crippen LogP contribution >= 0.6 is 0 Å². The lowest BCUT2D eigenvalue weighted by molar-refractivity contribution is 0.167. The lowest BCUT2D eigenvalue weighted by Gasteiger charge is -2.06. The quantitative estimate of drug-likeness (QED) is 0.626. The van der Waals surface area contributed by atoms with E-state index in [2.05, 4.69) is 21.9 Å². The number of rotatable bonds is 6. The summed E-state index contributed by atoms with van der Waals surface area (Å²) in [6, 6.07) is 7.91. The van der Waals surface area contributed by atoms with E-state index in [4.69, 9.17) is 4.74 Å². The molecule has 1 aromatic heterocycles. The van der Waals surface area contributed by atoms with Crippen molar-refractivity contribution >= 4 is 16.9 Å². The monoisotopic (exact) mass is 243 g/mol. The lowest BCUT2D eigenvalue weighted by Crippen LogP contribution is -2.12. The van der Waals surface area contributed by atoms with Crippen LogP contribution in [0, 0.1) is 0 Å². The number of ether oxygens (including phenoxy) is 1. The van der Waals surface area contributed by atoms with Gasteiger partial charge in [0.2, 0.25) is 5.95 Å². The van der Waals surface area contributed by atoms with Crippen molar-refractivity contribution in [1.82, 2.24) is 9.97 Å². The van der Waals surface area contributed by atoms with Gasteiger partial charge in [-0.15, -0.1) is 0 Å². The number of hydrogen-bond acceptors (Lipinski definition) is 4. The molecule has 0 spiro atoms. The largest absolute Gasteiger partial charge is 0.375 e. The van der Waals surface area contributed by atoms with Crippen molar-refractivity contribution in [2.45, 2.75) is 6.92 Å². The fourth-order valence-corrected chi connectivity index (χ4v) is 1.54. The van der Waals surface area contributed by atoms with Gasteiger partial charge in [0.15, 0.2) is 0 Å². The topological polar surface area (TPSA) is 47.0 Å². The first-order valence-electron chi connectivity index (χ1n) is 5.93. The van der Waals surface area contributed by atoms with E-state index in [0.717, 1.165) is 16.5 Å². The third-order valence-corrected chi connectivity index (χ3v) is 2.37. The summed E-state index contributed by atoms with van der Waals surface area (Å²) in [5.74, 6) is 0.632. The van der Waals surface area contributed by atoms with Crippen LogP contribution in [0.4, 0.5) is 5.95 Å². The van der Waals surface area contributed by atoms with E-state index in [0.29, 0.717) is 25.7 Å². The van der Waals surface area contributed by atoms with Crippen molar-refractivity contribution in [1.29, 1.82) is 0 Å². The molecule has 0 radical (unpaired) electrons. The van der Waals surface area contributed by atoms with Crippen molar-refractivity contribution in [3.63, 3.8) is 0 Å². The number of nitrogens with zero attached hydrogens (tertiary/aromatic N) is 2. The van der Waals surface area contributed by atoms with Gasteiger partial charge in [-0.2, -0.15) is 0 Å². The summed E-state index contributed by atoms with van der Waals surface area (Å²) in [5, 5.41) is 4.18. The number of para-hydroxylation sites is 1. The first kappa shape index (κ1) is 12.5. The van der Waals surface area contributed by atoms with Crippen LogP contribution in [0.15, 0.2) is 42.6 Å². The third-order valence-electron chi connectivity index (χ3n) is 2.37. The van der Waals surface area contributed by atoms with Gasteiger partial charge in [0, 0.05) is 18.1 Å². The lowest BCUT2D eigenvalue weighted by atomic mass is 10.2. The molecule has 0 fully saturated rings. The van der Waals surface area contributed by atoms with Gasteiger partial charge in [0.1, 0.15) is 0 Å². The Hall–Kier alpha value is -1.94. The maximum Gasteiger partial charge on any atom is 0.223 e. The number of benzene rings is 1. The highest BCUT2D eigenvalue weighted by Gasteiger charge is 1.98. The molecule has 1 N–H and O–H groups in total. The maximum atomic E-state index is 5.39. The third kappa shape index (κ3) is 3.53. The van der Waals surface area contributed by atoms with Crippen molar-refractivity contribution in [3.8, 4) is 0 Å². The second-order valence-electron chi connectivity index (χ2n) is 4.19. The minimum atomic E-state index is 0.597. The molecule has 18 heavy (non-hydrogen) atoms. The normalized spacial score (nSPS) is 10.5. The van der Waals surface area contributed by atoms with E-state index >= 15 is 0 Å². The molecule has 0 amide bonds. The van der Waals surface area contributed by atoms with Crippen LogP contribution < -0.4 is 5.32 Å². The smallest absolute Gasteiger partial charge is 0.223 e. The van der Waals surface area contributed by atoms with Crippen molar-refractivity contribution in [2.24, 2.45) is 0 Å². The average molecular weight is 243 g/mol. The minimum absolute atomic E-state index is 0.597.